The summed E-state index contributed by atoms with van der Waals surface area (Å²) in [7, 11) is -0.462. The lowest BCUT2D eigenvalue weighted by Gasteiger charge is -2.24. The van der Waals surface area contributed by atoms with Gasteiger partial charge in [0.2, 0.25) is 10.0 Å². The number of sulfonamides is 1. The fourth-order valence-corrected chi connectivity index (χ4v) is 3.29. The minimum Gasteiger partial charge on any atom is -0.359 e. The Labute approximate surface area is 128 Å². The normalized spacial score (nSPS) is 12.6. The van der Waals surface area contributed by atoms with Crippen LogP contribution in [0.1, 0.15) is 18.9 Å². The number of aromatic nitrogens is 2. The van der Waals surface area contributed by atoms with E-state index in [2.05, 4.69) is 15.3 Å². The molecule has 2 rings (SSSR count). The van der Waals surface area contributed by atoms with Crippen molar-refractivity contribution in [3.8, 4) is 0 Å². The lowest BCUT2D eigenvalue weighted by molar-refractivity contribution is 0.520. The molecule has 0 aromatic carbocycles. The Morgan fingerprint density at radius 2 is 1.95 bits per heavy atom. The molecule has 0 saturated carbocycles. The molecule has 2 heterocycles. The van der Waals surface area contributed by atoms with Crippen LogP contribution in [0.3, 0.4) is 0 Å². The van der Waals surface area contributed by atoms with E-state index < -0.39 is 10.0 Å². The van der Waals surface area contributed by atoms with Gasteiger partial charge in [0.1, 0.15) is 15.7 Å². The Kier molecular flexibility index (Phi) is 4.31. The third-order valence-electron chi connectivity index (χ3n) is 2.92. The van der Waals surface area contributed by atoms with Crippen molar-refractivity contribution in [3.63, 3.8) is 0 Å². The Morgan fingerprint density at radius 3 is 2.43 bits per heavy atom. The first-order valence-corrected chi connectivity index (χ1v) is 8.62. The zero-order chi connectivity index (χ0) is 15.7. The minimum atomic E-state index is -3.45. The summed E-state index contributed by atoms with van der Waals surface area (Å²) in [5.74, 6) is 0.605. The van der Waals surface area contributed by atoms with E-state index in [-0.39, 0.29) is 10.4 Å². The minimum absolute atomic E-state index is 0.171. The van der Waals surface area contributed by atoms with Crippen molar-refractivity contribution in [2.75, 3.05) is 19.4 Å². The van der Waals surface area contributed by atoms with E-state index >= 15 is 0 Å². The van der Waals surface area contributed by atoms with Crippen molar-refractivity contribution in [1.82, 2.24) is 14.3 Å². The average Bonchev–Trinajstić information content (AvgIpc) is 2.93. The third kappa shape index (κ3) is 3.39. The fraction of sp³-hybridized carbons (Fsp3) is 0.385. The molecule has 114 valence electrons. The molecule has 0 unspecified atom stereocenters. The van der Waals surface area contributed by atoms with Crippen LogP contribution in [0.4, 0.5) is 5.82 Å². The van der Waals surface area contributed by atoms with Crippen LogP contribution in [-0.4, -0.2) is 36.8 Å². The van der Waals surface area contributed by atoms with E-state index in [0.29, 0.717) is 5.82 Å². The second-order valence-corrected chi connectivity index (χ2v) is 8.30. The number of anilines is 1. The molecule has 0 amide bonds. The molecule has 0 spiro atoms. The van der Waals surface area contributed by atoms with Gasteiger partial charge in [-0.05, 0) is 26.0 Å². The summed E-state index contributed by atoms with van der Waals surface area (Å²) in [6.45, 7) is 4.00. The molecule has 0 aliphatic heterocycles. The molecule has 2 aromatic heterocycles. The Balaban J connectivity index is 2.21. The SMILES string of the molecule is CN(C)S(=O)(=O)c1ccc(NC(C)(C)c2nccs2)nc1. The van der Waals surface area contributed by atoms with Crippen molar-refractivity contribution in [2.45, 2.75) is 24.3 Å². The molecule has 8 heteroatoms. The topological polar surface area (TPSA) is 75.2 Å². The average molecular weight is 326 g/mol. The molecule has 21 heavy (non-hydrogen) atoms. The van der Waals surface area contributed by atoms with Gasteiger partial charge in [-0.25, -0.2) is 22.7 Å². The number of rotatable bonds is 5. The van der Waals surface area contributed by atoms with Gasteiger partial charge in [0.15, 0.2) is 0 Å². The molecule has 0 saturated heterocycles. The molecule has 6 nitrogen and oxygen atoms in total. The Bertz CT molecular complexity index is 692. The van der Waals surface area contributed by atoms with Gasteiger partial charge in [-0.15, -0.1) is 11.3 Å². The standard InChI is InChI=1S/C13H18N4O2S2/c1-13(2,12-14-7-8-20-12)16-11-6-5-10(9-15-11)21(18,19)17(3)4/h5-9H,1-4H3,(H,15,16). The zero-order valence-corrected chi connectivity index (χ0v) is 14.0. The van der Waals surface area contributed by atoms with Gasteiger partial charge in [0, 0.05) is 31.9 Å². The van der Waals surface area contributed by atoms with Crippen LogP contribution in [0, 0.1) is 0 Å². The van der Waals surface area contributed by atoms with Gasteiger partial charge in [0.05, 0.1) is 5.54 Å². The summed E-state index contributed by atoms with van der Waals surface area (Å²) < 4.78 is 25.1. The second kappa shape index (κ2) is 5.70. The molecule has 0 aliphatic rings. The first kappa shape index (κ1) is 15.9. The molecule has 0 bridgehead atoms. The maximum absolute atomic E-state index is 12.0. The summed E-state index contributed by atoms with van der Waals surface area (Å²) in [6.07, 6.45) is 3.11. The largest absolute Gasteiger partial charge is 0.359 e. The number of nitrogens with one attached hydrogen (secondary N) is 1. The van der Waals surface area contributed by atoms with Crippen molar-refractivity contribution >= 4 is 27.2 Å². The lowest BCUT2D eigenvalue weighted by atomic mass is 10.1. The summed E-state index contributed by atoms with van der Waals surface area (Å²) in [5.41, 5.74) is -0.372. The molecule has 0 radical (unpaired) electrons. The van der Waals surface area contributed by atoms with Gasteiger partial charge >= 0.3 is 0 Å². The van der Waals surface area contributed by atoms with Crippen LogP contribution in [0.2, 0.25) is 0 Å². The maximum Gasteiger partial charge on any atom is 0.244 e. The number of pyridine rings is 1. The monoisotopic (exact) mass is 326 g/mol. The van der Waals surface area contributed by atoms with E-state index in [1.54, 1.807) is 29.7 Å². The molecule has 1 N–H and O–H groups in total. The van der Waals surface area contributed by atoms with Gasteiger partial charge in [-0.1, -0.05) is 0 Å². The van der Waals surface area contributed by atoms with Crippen LogP contribution >= 0.6 is 11.3 Å². The predicted octanol–water partition coefficient (Wildman–Crippen LogP) is 2.14. The summed E-state index contributed by atoms with van der Waals surface area (Å²) in [5, 5.41) is 6.11. The highest BCUT2D eigenvalue weighted by Gasteiger charge is 2.24. The number of hydrogen-bond acceptors (Lipinski definition) is 6. The molecular formula is C13H18N4O2S2. The van der Waals surface area contributed by atoms with Crippen molar-refractivity contribution in [1.29, 1.82) is 0 Å². The van der Waals surface area contributed by atoms with E-state index in [0.717, 1.165) is 9.31 Å². The van der Waals surface area contributed by atoms with Crippen LogP contribution in [0.15, 0.2) is 34.8 Å². The Morgan fingerprint density at radius 1 is 1.24 bits per heavy atom. The first-order valence-electron chi connectivity index (χ1n) is 6.30. The molecule has 2 aromatic rings. The summed E-state index contributed by atoms with van der Waals surface area (Å²) in [6, 6.07) is 3.20. The van der Waals surface area contributed by atoms with Gasteiger partial charge in [0.25, 0.3) is 0 Å². The van der Waals surface area contributed by atoms with Crippen LogP contribution in [-0.2, 0) is 15.6 Å². The number of hydrogen-bond donors (Lipinski definition) is 1. The second-order valence-electron chi connectivity index (χ2n) is 5.25. The van der Waals surface area contributed by atoms with Crippen LogP contribution in [0.5, 0.6) is 0 Å². The van der Waals surface area contributed by atoms with E-state index in [1.807, 2.05) is 19.2 Å². The Hall–Kier alpha value is -1.51. The van der Waals surface area contributed by atoms with E-state index in [1.165, 1.54) is 20.3 Å². The van der Waals surface area contributed by atoms with E-state index in [9.17, 15) is 8.42 Å². The summed E-state index contributed by atoms with van der Waals surface area (Å²) in [4.78, 5) is 8.64. The maximum atomic E-state index is 12.0. The van der Waals surface area contributed by atoms with Crippen LogP contribution in [0.25, 0.3) is 0 Å². The first-order chi connectivity index (χ1) is 9.73. The molecule has 0 atom stereocenters. The smallest absolute Gasteiger partial charge is 0.244 e. The number of thiazole rings is 1. The zero-order valence-electron chi connectivity index (χ0n) is 12.4. The van der Waals surface area contributed by atoms with Gasteiger partial charge in [-0.2, -0.15) is 0 Å². The third-order valence-corrected chi connectivity index (χ3v) is 5.82. The highest BCUT2D eigenvalue weighted by Crippen LogP contribution is 2.26. The molecule has 0 aliphatic carbocycles. The summed E-state index contributed by atoms with van der Waals surface area (Å²) >= 11 is 1.56. The predicted molar refractivity (Wildman–Crippen MR) is 83.9 cm³/mol. The van der Waals surface area contributed by atoms with Crippen molar-refractivity contribution in [3.05, 3.63) is 34.9 Å². The number of nitrogens with zero attached hydrogens (tertiary/aromatic N) is 3. The van der Waals surface area contributed by atoms with Gasteiger partial charge in [-0.3, -0.25) is 0 Å². The lowest BCUT2D eigenvalue weighted by Crippen LogP contribution is -2.28. The van der Waals surface area contributed by atoms with Gasteiger partial charge < -0.3 is 5.32 Å². The van der Waals surface area contributed by atoms with Crippen molar-refractivity contribution in [2.24, 2.45) is 0 Å². The van der Waals surface area contributed by atoms with E-state index in [4.69, 9.17) is 0 Å². The molecule has 0 fully saturated rings. The highest BCUT2D eigenvalue weighted by molar-refractivity contribution is 7.89. The van der Waals surface area contributed by atoms with Crippen molar-refractivity contribution < 1.29 is 8.42 Å². The molecular weight excluding hydrogens is 308 g/mol. The highest BCUT2D eigenvalue weighted by atomic mass is 32.2. The fourth-order valence-electron chi connectivity index (χ4n) is 1.72. The quantitative estimate of drug-likeness (QED) is 0.911. The van der Waals surface area contributed by atoms with Crippen LogP contribution < -0.4 is 5.32 Å².